The smallest absolute Gasteiger partial charge is 0.364 e. The van der Waals surface area contributed by atoms with Gasteiger partial charge in [0.1, 0.15) is 14.2 Å². The van der Waals surface area contributed by atoms with Gasteiger partial charge in [-0.2, -0.15) is 18.7 Å². The molecule has 0 unspecified atom stereocenters. The van der Waals surface area contributed by atoms with Crippen molar-refractivity contribution < 1.29 is 29.1 Å². The van der Waals surface area contributed by atoms with E-state index in [0.29, 0.717) is 0 Å². The maximum Gasteiger partial charge on any atom is 0.364 e. The van der Waals surface area contributed by atoms with Crippen LogP contribution >= 0.6 is 23.1 Å². The summed E-state index contributed by atoms with van der Waals surface area (Å²) in [4.78, 5) is 37.9. The Morgan fingerprint density at radius 3 is 1.70 bits per heavy atom. The number of carbonyl (C=O) groups is 2. The maximum absolute atomic E-state index is 11.2. The molecule has 146 valence electrons. The number of methoxy groups -OCH3 is 1. The molecule has 0 aliphatic heterocycles. The van der Waals surface area contributed by atoms with E-state index in [1.54, 1.807) is 0 Å². The molecule has 0 aromatic carbocycles. The van der Waals surface area contributed by atoms with Crippen molar-refractivity contribution in [3.05, 3.63) is 11.6 Å². The molecular formula is C11H14N8O6S2. The molecular weight excluding hydrogens is 404 g/mol. The van der Waals surface area contributed by atoms with Crippen molar-refractivity contribution >= 4 is 56.7 Å². The van der Waals surface area contributed by atoms with Crippen molar-refractivity contribution in [2.75, 3.05) is 32.8 Å². The molecule has 0 spiro atoms. The molecule has 0 aliphatic carbocycles. The second-order valence-corrected chi connectivity index (χ2v) is 5.52. The number of aromatic nitrogens is 4. The zero-order valence-corrected chi connectivity index (χ0v) is 15.8. The molecule has 5 N–H and O–H groups in total. The van der Waals surface area contributed by atoms with E-state index in [0.717, 1.165) is 23.1 Å². The number of hydrogen-bond acceptors (Lipinski definition) is 15. The Hall–Kier alpha value is -3.40. The van der Waals surface area contributed by atoms with Gasteiger partial charge in [0.2, 0.25) is 23.1 Å². The van der Waals surface area contributed by atoms with Crippen molar-refractivity contribution in [2.24, 2.45) is 10.3 Å². The molecule has 0 aliphatic rings. The first-order chi connectivity index (χ1) is 12.8. The fraction of sp³-hybridized carbons (Fsp3) is 0.273. The monoisotopic (exact) mass is 418 g/mol. The number of carbonyl (C=O) groups excluding carboxylic acids is 1. The molecule has 2 heterocycles. The minimum absolute atomic E-state index is 0.0446. The van der Waals surface area contributed by atoms with E-state index in [1.165, 1.54) is 21.3 Å². The number of nitrogens with zero attached hydrogens (tertiary/aromatic N) is 6. The van der Waals surface area contributed by atoms with Crippen LogP contribution in [0.4, 0.5) is 10.3 Å². The van der Waals surface area contributed by atoms with Crippen LogP contribution < -0.4 is 11.5 Å². The van der Waals surface area contributed by atoms with Crippen molar-refractivity contribution in [3.63, 3.8) is 0 Å². The minimum Gasteiger partial charge on any atom is -0.476 e. The molecule has 0 radical (unpaired) electrons. The average molecular weight is 418 g/mol. The van der Waals surface area contributed by atoms with Crippen LogP contribution in [0.15, 0.2) is 10.3 Å². The summed E-state index contributed by atoms with van der Waals surface area (Å²) >= 11 is 1.85. The predicted molar refractivity (Wildman–Crippen MR) is 95.4 cm³/mol. The SMILES string of the molecule is CO/N=C(\C(=O)O)c1nsc(N)n1.CON=C(C(=O)OC)c1nsc(N)n1. The Balaban J connectivity index is 0.000000271. The lowest BCUT2D eigenvalue weighted by molar-refractivity contribution is -0.133. The zero-order chi connectivity index (χ0) is 20.4. The zero-order valence-electron chi connectivity index (χ0n) is 14.1. The van der Waals surface area contributed by atoms with Crippen molar-refractivity contribution in [1.29, 1.82) is 0 Å². The van der Waals surface area contributed by atoms with Crippen LogP contribution in [0.25, 0.3) is 0 Å². The van der Waals surface area contributed by atoms with Gasteiger partial charge >= 0.3 is 11.9 Å². The highest BCUT2D eigenvalue weighted by atomic mass is 32.1. The maximum atomic E-state index is 11.2. The van der Waals surface area contributed by atoms with Crippen molar-refractivity contribution in [2.45, 2.75) is 0 Å². The number of hydrogen-bond donors (Lipinski definition) is 3. The summed E-state index contributed by atoms with van der Waals surface area (Å²) in [5.74, 6) is -1.89. The number of nitrogen functional groups attached to an aromatic ring is 2. The largest absolute Gasteiger partial charge is 0.476 e. The van der Waals surface area contributed by atoms with Crippen LogP contribution in [-0.4, -0.2) is 68.5 Å². The predicted octanol–water partition coefficient (Wildman–Crippen LogP) is -0.801. The number of ether oxygens (including phenoxy) is 1. The third-order valence-corrected chi connectivity index (χ3v) is 3.34. The van der Waals surface area contributed by atoms with Gasteiger partial charge in [0.05, 0.1) is 7.11 Å². The van der Waals surface area contributed by atoms with Crippen LogP contribution in [0, 0.1) is 0 Å². The van der Waals surface area contributed by atoms with Gasteiger partial charge in [0, 0.05) is 23.1 Å². The first-order valence-electron chi connectivity index (χ1n) is 6.57. The van der Waals surface area contributed by atoms with Crippen LogP contribution in [0.3, 0.4) is 0 Å². The molecule has 0 atom stereocenters. The van der Waals surface area contributed by atoms with E-state index >= 15 is 0 Å². The highest BCUT2D eigenvalue weighted by molar-refractivity contribution is 7.09. The summed E-state index contributed by atoms with van der Waals surface area (Å²) < 4.78 is 11.9. The molecule has 2 rings (SSSR count). The molecule has 0 amide bonds. The third kappa shape index (κ3) is 6.44. The van der Waals surface area contributed by atoms with Crippen molar-refractivity contribution in [1.82, 2.24) is 18.7 Å². The highest BCUT2D eigenvalue weighted by Gasteiger charge is 2.20. The lowest BCUT2D eigenvalue weighted by Gasteiger charge is -1.97. The fourth-order valence-corrected chi connectivity index (χ4v) is 2.16. The van der Waals surface area contributed by atoms with E-state index in [4.69, 9.17) is 16.6 Å². The third-order valence-electron chi connectivity index (χ3n) is 2.25. The molecule has 16 heteroatoms. The number of esters is 1. The summed E-state index contributed by atoms with van der Waals surface area (Å²) in [6, 6.07) is 0. The first kappa shape index (κ1) is 21.6. The van der Waals surface area contributed by atoms with Crippen LogP contribution in [-0.2, 0) is 24.0 Å². The molecule has 0 saturated carbocycles. The number of carboxylic acid groups (broad SMARTS) is 1. The Morgan fingerprint density at radius 2 is 1.37 bits per heavy atom. The normalized spacial score (nSPS) is 11.2. The fourth-order valence-electron chi connectivity index (χ4n) is 1.29. The van der Waals surface area contributed by atoms with E-state index in [2.05, 4.69) is 43.4 Å². The number of oxime groups is 2. The van der Waals surface area contributed by atoms with Gasteiger partial charge in [-0.15, -0.1) is 0 Å². The summed E-state index contributed by atoms with van der Waals surface area (Å²) in [5, 5.41) is 15.8. The number of aliphatic carboxylic acids is 1. The Bertz CT molecular complexity index is 848. The van der Waals surface area contributed by atoms with Crippen LogP contribution in [0.5, 0.6) is 0 Å². The Labute approximate surface area is 159 Å². The van der Waals surface area contributed by atoms with Gasteiger partial charge in [-0.3, -0.25) is 0 Å². The van der Waals surface area contributed by atoms with Gasteiger partial charge in [-0.25, -0.2) is 9.59 Å². The summed E-state index contributed by atoms with van der Waals surface area (Å²) in [7, 11) is 3.76. The van der Waals surface area contributed by atoms with Gasteiger partial charge in [0.25, 0.3) is 0 Å². The lowest BCUT2D eigenvalue weighted by Crippen LogP contribution is -2.19. The topological polar surface area (TPSA) is 210 Å². The number of nitrogens with two attached hydrogens (primary N) is 2. The highest BCUT2D eigenvalue weighted by Crippen LogP contribution is 2.08. The van der Waals surface area contributed by atoms with Gasteiger partial charge in [0.15, 0.2) is 10.3 Å². The van der Waals surface area contributed by atoms with Gasteiger partial charge in [-0.1, -0.05) is 10.3 Å². The second kappa shape index (κ2) is 10.6. The van der Waals surface area contributed by atoms with E-state index in [-0.39, 0.29) is 33.3 Å². The molecule has 14 nitrogen and oxygen atoms in total. The van der Waals surface area contributed by atoms with Gasteiger partial charge in [-0.05, 0) is 0 Å². The summed E-state index contributed by atoms with van der Waals surface area (Å²) in [5.41, 5.74) is 10.1. The van der Waals surface area contributed by atoms with Crippen molar-refractivity contribution in [3.8, 4) is 0 Å². The summed E-state index contributed by atoms with van der Waals surface area (Å²) in [6.45, 7) is 0. The minimum atomic E-state index is -1.26. The van der Waals surface area contributed by atoms with E-state index in [9.17, 15) is 9.59 Å². The first-order valence-corrected chi connectivity index (χ1v) is 8.11. The summed E-state index contributed by atoms with van der Waals surface area (Å²) in [6.07, 6.45) is 0. The Kier molecular flexibility index (Phi) is 8.46. The van der Waals surface area contributed by atoms with Crippen LogP contribution in [0.2, 0.25) is 0 Å². The quantitative estimate of drug-likeness (QED) is 0.299. The van der Waals surface area contributed by atoms with E-state index in [1.807, 2.05) is 0 Å². The lowest BCUT2D eigenvalue weighted by atomic mass is 10.4. The standard InChI is InChI=1S/C6H8N4O3S.C5H6N4O3S/c1-12-5(11)3(9-13-2)4-8-6(7)14-10-4;1-12-8-2(4(10)11)3-7-5(6)13-9-3/h1-2H3,(H2,7,8,10);1H3,(H,10,11)(H2,6,7,9)/b;8-2-. The molecule has 0 saturated heterocycles. The van der Waals surface area contributed by atoms with Gasteiger partial charge < -0.3 is 31.0 Å². The Morgan fingerprint density at radius 1 is 0.926 bits per heavy atom. The second-order valence-electron chi connectivity index (χ2n) is 3.95. The molecule has 0 bridgehead atoms. The van der Waals surface area contributed by atoms with E-state index < -0.39 is 11.9 Å². The molecule has 2 aromatic heterocycles. The molecule has 0 fully saturated rings. The number of rotatable bonds is 6. The number of anilines is 2. The average Bonchev–Trinajstić information content (AvgIpc) is 3.25. The number of carboxylic acids is 1. The molecule has 2 aromatic rings. The van der Waals surface area contributed by atoms with Crippen LogP contribution in [0.1, 0.15) is 11.6 Å². The molecule has 27 heavy (non-hydrogen) atoms.